The number of urea groups is 1. The maximum atomic E-state index is 14.9. The fourth-order valence-corrected chi connectivity index (χ4v) is 8.44. The molecular weight excluding hydrogens is 1030 g/mol. The number of amides is 5. The molecule has 0 unspecified atom stereocenters. The standard InChI is InChI=1S/C29H31FN6O2.C27H29F3N4O3.C2H6.CH3NO/c1-17-11-23(30)26(36-28(38)33-10-8-29(3,4)16-31)15-22(17)21-12-24(19-5-6-19)35-25(13-21)20-7-9-32-27(14-20)34-18(2)37;1-16-11-22(28)24(33-20-3-6-27(29,30)7-4-20)15-21(16)19-12-23(34-26(14-19)37-10-9-35)18-5-8-31-25(13-18)32-17(2)36;1-2;2-1-3/h7,9,11-15,19H,5-6,8,10H2,1-4H3,(H,32,34,37)(H2,33,36,38);5,8,11-15,20,33,35H,3-4,6-7,9-10H2,1-2H3,(H,31,32,36);1-2H3;1H,(H2,2,3). The van der Waals surface area contributed by atoms with Crippen LogP contribution in [0.2, 0.25) is 0 Å². The van der Waals surface area contributed by atoms with Gasteiger partial charge >= 0.3 is 6.03 Å². The van der Waals surface area contributed by atoms with Crippen molar-refractivity contribution in [3.05, 3.63) is 114 Å². The third-order valence-electron chi connectivity index (χ3n) is 12.6. The number of carbonyl (C=O) groups excluding carboxylic acids is 4. The van der Waals surface area contributed by atoms with Crippen LogP contribution in [-0.4, -0.2) is 81.0 Å². The highest BCUT2D eigenvalue weighted by Gasteiger charge is 2.35. The van der Waals surface area contributed by atoms with Crippen LogP contribution in [0.1, 0.15) is 109 Å². The van der Waals surface area contributed by atoms with Crippen molar-refractivity contribution in [3.63, 3.8) is 0 Å². The first-order valence-corrected chi connectivity index (χ1v) is 26.2. The summed E-state index contributed by atoms with van der Waals surface area (Å²) in [6, 6.07) is 22.0. The zero-order valence-electron chi connectivity index (χ0n) is 46.2. The van der Waals surface area contributed by atoms with Crippen LogP contribution in [-0.2, 0) is 14.4 Å². The van der Waals surface area contributed by atoms with Gasteiger partial charge in [0.2, 0.25) is 30.0 Å². The number of nitrogens with two attached hydrogens (primary N) is 1. The Balaban J connectivity index is 0.000000272. The van der Waals surface area contributed by atoms with E-state index in [1.165, 1.54) is 26.0 Å². The van der Waals surface area contributed by atoms with Crippen molar-refractivity contribution in [2.45, 2.75) is 118 Å². The van der Waals surface area contributed by atoms with E-state index < -0.39 is 29.0 Å². The number of pyridine rings is 4. The van der Waals surface area contributed by atoms with E-state index in [1.54, 1.807) is 69.6 Å². The molecule has 0 spiro atoms. The molecule has 2 aliphatic carbocycles. The van der Waals surface area contributed by atoms with Gasteiger partial charge < -0.3 is 42.2 Å². The number of aromatic nitrogens is 4. The summed E-state index contributed by atoms with van der Waals surface area (Å²) in [5.41, 5.74) is 12.0. The summed E-state index contributed by atoms with van der Waals surface area (Å²) in [5, 5.41) is 32.1. The van der Waals surface area contributed by atoms with E-state index in [1.807, 2.05) is 45.0 Å². The Morgan fingerprint density at radius 1 is 0.775 bits per heavy atom. The van der Waals surface area contributed by atoms with Crippen LogP contribution in [0.3, 0.4) is 0 Å². The minimum absolute atomic E-state index is 0.0326. The predicted octanol–water partition coefficient (Wildman–Crippen LogP) is 11.9. The van der Waals surface area contributed by atoms with Gasteiger partial charge in [-0.3, -0.25) is 19.4 Å². The molecule has 0 radical (unpaired) electrons. The van der Waals surface area contributed by atoms with Crippen molar-refractivity contribution in [2.24, 2.45) is 11.1 Å². The second-order valence-electron chi connectivity index (χ2n) is 19.6. The van der Waals surface area contributed by atoms with Gasteiger partial charge in [0, 0.05) is 80.5 Å². The molecule has 424 valence electrons. The number of nitriles is 1. The number of hydrogen-bond acceptors (Lipinski definition) is 12. The van der Waals surface area contributed by atoms with Gasteiger partial charge in [0.15, 0.2) is 0 Å². The number of benzene rings is 2. The molecule has 4 aromatic heterocycles. The lowest BCUT2D eigenvalue weighted by molar-refractivity contribution is -0.115. The number of carbonyl (C=O) groups is 4. The van der Waals surface area contributed by atoms with E-state index in [-0.39, 0.29) is 87.0 Å². The smallest absolute Gasteiger partial charge is 0.319 e. The number of hydrogen-bond donors (Lipinski definition) is 7. The molecule has 8 N–H and O–H groups in total. The lowest BCUT2D eigenvalue weighted by Crippen LogP contribution is -2.32. The first-order chi connectivity index (χ1) is 38.1. The van der Waals surface area contributed by atoms with Crippen LogP contribution in [0.5, 0.6) is 5.88 Å². The van der Waals surface area contributed by atoms with E-state index in [9.17, 15) is 37.1 Å². The zero-order chi connectivity index (χ0) is 58.7. The van der Waals surface area contributed by atoms with Gasteiger partial charge in [0.25, 0.3) is 0 Å². The highest BCUT2D eigenvalue weighted by Crippen LogP contribution is 2.43. The number of aliphatic hydroxyl groups excluding tert-OH is 1. The van der Waals surface area contributed by atoms with Crippen LogP contribution in [0.15, 0.2) is 85.2 Å². The van der Waals surface area contributed by atoms with E-state index in [4.69, 9.17) is 19.8 Å². The number of aryl methyl sites for hydroxylation is 2. The first-order valence-electron chi connectivity index (χ1n) is 26.2. The Labute approximate surface area is 463 Å². The largest absolute Gasteiger partial charge is 0.475 e. The van der Waals surface area contributed by atoms with Crippen LogP contribution in [0.4, 0.5) is 45.4 Å². The molecule has 21 heteroatoms. The summed E-state index contributed by atoms with van der Waals surface area (Å²) in [6.07, 6.45) is 6.06. The monoisotopic (exact) mass is 1100 g/mol. The summed E-state index contributed by atoms with van der Waals surface area (Å²) < 4.78 is 62.5. The molecule has 0 bridgehead atoms. The van der Waals surface area contributed by atoms with E-state index in [2.05, 4.69) is 53.3 Å². The molecule has 2 aromatic carbocycles. The molecule has 80 heavy (non-hydrogen) atoms. The minimum atomic E-state index is -2.67. The molecule has 2 aliphatic rings. The predicted molar refractivity (Wildman–Crippen MR) is 302 cm³/mol. The van der Waals surface area contributed by atoms with E-state index >= 15 is 0 Å². The Bertz CT molecular complexity index is 3180. The van der Waals surface area contributed by atoms with E-state index in [0.717, 1.165) is 46.5 Å². The lowest BCUT2D eigenvalue weighted by Gasteiger charge is -2.29. The SMILES string of the molecule is CC.CC(=O)Nc1cc(-c2cc(-c3cc(NC(=O)NCCC(C)(C)C#N)c(F)cc3C)cc(C3CC3)n2)ccn1.CC(=O)Nc1cc(-c2cc(-c3cc(NC4CCC(F)(F)CC4)c(F)cc3C)cc(OCCO)n2)ccn1.NC=O. The fourth-order valence-electron chi connectivity index (χ4n) is 8.44. The fraction of sp³-hybridized carbons (Fsp3) is 0.373. The number of anilines is 4. The Morgan fingerprint density at radius 2 is 1.29 bits per heavy atom. The molecule has 17 nitrogen and oxygen atoms in total. The summed E-state index contributed by atoms with van der Waals surface area (Å²) in [7, 11) is 0. The molecule has 2 saturated carbocycles. The molecule has 2 fully saturated rings. The number of nitrogens with zero attached hydrogens (tertiary/aromatic N) is 5. The molecule has 8 rings (SSSR count). The lowest BCUT2D eigenvalue weighted by atomic mass is 9.91. The topological polar surface area (TPSA) is 259 Å². The van der Waals surface area contributed by atoms with Crippen LogP contribution < -0.4 is 37.1 Å². The molecule has 0 saturated heterocycles. The minimum Gasteiger partial charge on any atom is -0.475 e. The van der Waals surface area contributed by atoms with Crippen molar-refractivity contribution in [3.8, 4) is 56.7 Å². The van der Waals surface area contributed by atoms with Crippen molar-refractivity contribution in [2.75, 3.05) is 41.0 Å². The summed E-state index contributed by atoms with van der Waals surface area (Å²) in [6.45, 7) is 14.1. The molecule has 4 heterocycles. The van der Waals surface area contributed by atoms with Crippen LogP contribution in [0.25, 0.3) is 44.8 Å². The Hall–Kier alpha value is -8.51. The van der Waals surface area contributed by atoms with Gasteiger partial charge in [-0.1, -0.05) is 13.8 Å². The summed E-state index contributed by atoms with van der Waals surface area (Å²) in [5.74, 6) is -2.72. The maximum absolute atomic E-state index is 14.9. The average Bonchev–Trinajstić information content (AvgIpc) is 4.28. The molecular formula is C59H69F4N11O6. The quantitative estimate of drug-likeness (QED) is 0.0353. The maximum Gasteiger partial charge on any atom is 0.319 e. The van der Waals surface area contributed by atoms with Crippen LogP contribution in [0, 0.1) is 42.2 Å². The second-order valence-corrected chi connectivity index (χ2v) is 19.6. The van der Waals surface area contributed by atoms with Gasteiger partial charge in [-0.05, 0) is 160 Å². The van der Waals surface area contributed by atoms with Gasteiger partial charge in [-0.15, -0.1) is 0 Å². The van der Waals surface area contributed by atoms with Gasteiger partial charge in [0.05, 0.1) is 40.9 Å². The number of nitrogens with one attached hydrogen (secondary N) is 5. The van der Waals surface area contributed by atoms with Gasteiger partial charge in [-0.2, -0.15) is 5.26 Å². The molecule has 0 atom stereocenters. The number of rotatable bonds is 16. The molecule has 6 aromatic rings. The Kier molecular flexibility index (Phi) is 22.5. The summed E-state index contributed by atoms with van der Waals surface area (Å²) in [4.78, 5) is 61.7. The highest BCUT2D eigenvalue weighted by molar-refractivity contribution is 5.91. The number of aliphatic hydroxyl groups is 1. The highest BCUT2D eigenvalue weighted by atomic mass is 19.3. The number of primary amides is 1. The van der Waals surface area contributed by atoms with Crippen LogP contribution >= 0.6 is 0 Å². The molecule has 0 aliphatic heterocycles. The zero-order valence-corrected chi connectivity index (χ0v) is 46.2. The third-order valence-corrected chi connectivity index (χ3v) is 12.6. The van der Waals surface area contributed by atoms with Gasteiger partial charge in [-0.25, -0.2) is 37.3 Å². The van der Waals surface area contributed by atoms with Crippen molar-refractivity contribution < 1.29 is 46.6 Å². The number of ether oxygens (including phenoxy) is 1. The first kappa shape index (κ1) is 62.3. The number of alkyl halides is 2. The summed E-state index contributed by atoms with van der Waals surface area (Å²) >= 11 is 0. The molecule has 5 amide bonds. The van der Waals surface area contributed by atoms with E-state index in [0.29, 0.717) is 51.9 Å². The van der Waals surface area contributed by atoms with Crippen molar-refractivity contribution in [1.29, 1.82) is 5.26 Å². The number of halogens is 4. The van der Waals surface area contributed by atoms with Crippen molar-refractivity contribution in [1.82, 2.24) is 25.3 Å². The normalized spacial score (nSPS) is 13.4. The average molecular weight is 1100 g/mol. The third kappa shape index (κ3) is 18.6. The Morgan fingerprint density at radius 3 is 1.80 bits per heavy atom. The van der Waals surface area contributed by atoms with Crippen molar-refractivity contribution >= 4 is 47.3 Å². The van der Waals surface area contributed by atoms with Gasteiger partial charge in [0.1, 0.15) is 29.9 Å². The second kappa shape index (κ2) is 28.9.